The number of rotatable bonds is 2. The van der Waals surface area contributed by atoms with Gasteiger partial charge in [0, 0.05) is 0 Å². The molecule has 49 valence electrons. The van der Waals surface area contributed by atoms with E-state index in [0.717, 1.165) is 0 Å². The fourth-order valence-electron chi connectivity index (χ4n) is 0.186. The molecule has 0 aromatic carbocycles. The fraction of sp³-hybridized carbons (Fsp3) is 1.00. The zero-order valence-electron chi connectivity index (χ0n) is 5.02. The lowest BCUT2D eigenvalue weighted by Crippen LogP contribution is -2.35. The third-order valence-corrected chi connectivity index (χ3v) is 0.949. The van der Waals surface area contributed by atoms with E-state index in [9.17, 15) is 9.50 Å². The van der Waals surface area contributed by atoms with E-state index in [0.29, 0.717) is 0 Å². The van der Waals surface area contributed by atoms with Crippen LogP contribution in [0.1, 0.15) is 13.8 Å². The third-order valence-electron chi connectivity index (χ3n) is 0.949. The van der Waals surface area contributed by atoms with E-state index in [2.05, 4.69) is 0 Å². The van der Waals surface area contributed by atoms with Crippen molar-refractivity contribution in [1.82, 2.24) is 0 Å². The lowest BCUT2D eigenvalue weighted by Gasteiger charge is -2.17. The summed E-state index contributed by atoms with van der Waals surface area (Å²) in [6.07, 6.45) is -1.37. The van der Waals surface area contributed by atoms with E-state index in [1.54, 1.807) is 0 Å². The summed E-state index contributed by atoms with van der Waals surface area (Å²) in [5.74, 6) is 0. The number of alkyl halides is 1. The van der Waals surface area contributed by atoms with Gasteiger partial charge in [-0.15, -0.1) is 0 Å². The van der Waals surface area contributed by atoms with Gasteiger partial charge in [-0.3, -0.25) is 0 Å². The molecule has 0 amide bonds. The maximum atomic E-state index is 11.4. The molecule has 0 heterocycles. The van der Waals surface area contributed by atoms with Gasteiger partial charge in [-0.05, 0) is 13.8 Å². The zero-order valence-corrected chi connectivity index (χ0v) is 5.02. The summed E-state index contributed by atoms with van der Waals surface area (Å²) in [5.41, 5.74) is -1.56. The molecule has 1 atom stereocenters. The van der Waals surface area contributed by atoms with Crippen molar-refractivity contribution in [3.05, 3.63) is 0 Å². The van der Waals surface area contributed by atoms with Crippen LogP contribution in [0.25, 0.3) is 0 Å². The molecule has 0 saturated heterocycles. The molecular formula is C5H10FO2. The Morgan fingerprint density at radius 2 is 2.12 bits per heavy atom. The van der Waals surface area contributed by atoms with Gasteiger partial charge in [0.2, 0.25) is 0 Å². The average molecular weight is 121 g/mol. The van der Waals surface area contributed by atoms with Crippen molar-refractivity contribution in [3.8, 4) is 0 Å². The number of aliphatic hydroxyl groups is 1. The minimum Gasteiger partial charge on any atom is -0.387 e. The van der Waals surface area contributed by atoms with Crippen molar-refractivity contribution in [2.45, 2.75) is 25.6 Å². The van der Waals surface area contributed by atoms with Gasteiger partial charge in [0.25, 0.3) is 0 Å². The van der Waals surface area contributed by atoms with Crippen LogP contribution in [0, 0.1) is 0 Å². The molecule has 0 fully saturated rings. The van der Waals surface area contributed by atoms with E-state index in [1.165, 1.54) is 13.8 Å². The van der Waals surface area contributed by atoms with Crippen molar-refractivity contribution in [2.75, 3.05) is 6.67 Å². The van der Waals surface area contributed by atoms with Gasteiger partial charge >= 0.3 is 0 Å². The quantitative estimate of drug-likeness (QED) is 0.568. The predicted octanol–water partition coefficient (Wildman–Crippen LogP) is 0.526. The van der Waals surface area contributed by atoms with Gasteiger partial charge < -0.3 is 5.11 Å². The van der Waals surface area contributed by atoms with E-state index >= 15 is 0 Å². The minimum atomic E-state index is -1.56. The van der Waals surface area contributed by atoms with Crippen LogP contribution in [0.15, 0.2) is 0 Å². The second-order valence-corrected chi connectivity index (χ2v) is 2.27. The van der Waals surface area contributed by atoms with Crippen LogP contribution in [0.4, 0.5) is 4.39 Å². The summed E-state index contributed by atoms with van der Waals surface area (Å²) >= 11 is 0. The molecule has 1 N–H and O–H groups in total. The molecule has 0 bridgehead atoms. The van der Waals surface area contributed by atoms with Gasteiger partial charge in [0.05, 0.1) is 0 Å². The fourth-order valence-corrected chi connectivity index (χ4v) is 0.186. The SMILES string of the molecule is CC(C)([O])C(O)CF. The Kier molecular flexibility index (Phi) is 2.37. The van der Waals surface area contributed by atoms with Crippen LogP contribution in [0.2, 0.25) is 0 Å². The van der Waals surface area contributed by atoms with Crippen LogP contribution in [0.5, 0.6) is 0 Å². The van der Waals surface area contributed by atoms with Crippen LogP contribution in [-0.2, 0) is 5.11 Å². The zero-order chi connectivity index (χ0) is 6.78. The summed E-state index contributed by atoms with van der Waals surface area (Å²) in [7, 11) is 0. The molecule has 0 aromatic heterocycles. The predicted molar refractivity (Wildman–Crippen MR) is 26.7 cm³/mol. The number of hydrogen-bond donors (Lipinski definition) is 1. The molecule has 0 aliphatic heterocycles. The molecule has 0 spiro atoms. The van der Waals surface area contributed by atoms with Crippen LogP contribution in [-0.4, -0.2) is 23.5 Å². The molecule has 0 aliphatic carbocycles. The Bertz CT molecular complexity index is 67.3. The van der Waals surface area contributed by atoms with E-state index in [-0.39, 0.29) is 0 Å². The number of hydrogen-bond acceptors (Lipinski definition) is 1. The summed E-state index contributed by atoms with van der Waals surface area (Å²) < 4.78 is 11.4. The largest absolute Gasteiger partial charge is 0.387 e. The highest BCUT2D eigenvalue weighted by Crippen LogP contribution is 2.08. The highest BCUT2D eigenvalue weighted by Gasteiger charge is 2.26. The van der Waals surface area contributed by atoms with E-state index < -0.39 is 18.4 Å². The summed E-state index contributed by atoms with van der Waals surface area (Å²) in [5, 5.41) is 19.1. The molecule has 0 rings (SSSR count). The molecular weight excluding hydrogens is 111 g/mol. The van der Waals surface area contributed by atoms with Crippen LogP contribution in [0.3, 0.4) is 0 Å². The van der Waals surface area contributed by atoms with Gasteiger partial charge in [0.1, 0.15) is 18.4 Å². The van der Waals surface area contributed by atoms with Crippen molar-refractivity contribution >= 4 is 0 Å². The highest BCUT2D eigenvalue weighted by molar-refractivity contribution is 4.74. The Morgan fingerprint density at radius 3 is 2.12 bits per heavy atom. The minimum absolute atomic E-state index is 0.962. The van der Waals surface area contributed by atoms with Crippen molar-refractivity contribution in [1.29, 1.82) is 0 Å². The van der Waals surface area contributed by atoms with Gasteiger partial charge in [-0.2, -0.15) is 0 Å². The Hall–Kier alpha value is -0.150. The maximum Gasteiger partial charge on any atom is 0.126 e. The summed E-state index contributed by atoms with van der Waals surface area (Å²) in [6, 6.07) is 0. The number of aliphatic hydroxyl groups excluding tert-OH is 1. The molecule has 0 aliphatic rings. The van der Waals surface area contributed by atoms with Crippen LogP contribution < -0.4 is 0 Å². The Balaban J connectivity index is 3.62. The first-order valence-corrected chi connectivity index (χ1v) is 2.43. The van der Waals surface area contributed by atoms with Gasteiger partial charge in [0.15, 0.2) is 0 Å². The second kappa shape index (κ2) is 2.42. The molecule has 3 heteroatoms. The normalized spacial score (nSPS) is 16.1. The molecule has 1 unspecified atom stereocenters. The number of halogens is 1. The van der Waals surface area contributed by atoms with E-state index in [1.807, 2.05) is 0 Å². The van der Waals surface area contributed by atoms with Crippen LogP contribution >= 0.6 is 0 Å². The molecule has 8 heavy (non-hydrogen) atoms. The lowest BCUT2D eigenvalue weighted by molar-refractivity contribution is -0.100. The first-order valence-electron chi connectivity index (χ1n) is 2.43. The summed E-state index contributed by atoms with van der Waals surface area (Å²) in [6.45, 7) is 1.53. The Labute approximate surface area is 48.0 Å². The van der Waals surface area contributed by atoms with Crippen molar-refractivity contribution in [3.63, 3.8) is 0 Å². The third kappa shape index (κ3) is 2.23. The monoisotopic (exact) mass is 121 g/mol. The smallest absolute Gasteiger partial charge is 0.126 e. The first-order chi connectivity index (χ1) is 3.48. The van der Waals surface area contributed by atoms with Crippen molar-refractivity contribution in [2.24, 2.45) is 0 Å². The molecule has 0 aromatic rings. The molecule has 2 nitrogen and oxygen atoms in total. The topological polar surface area (TPSA) is 40.1 Å². The average Bonchev–Trinajstić information content (AvgIpc) is 1.62. The standard InChI is InChI=1S/C5H10FO2/c1-5(2,8)4(7)3-6/h4,7H,3H2,1-2H3. The van der Waals surface area contributed by atoms with Gasteiger partial charge in [-0.25, -0.2) is 9.50 Å². The van der Waals surface area contributed by atoms with Gasteiger partial charge in [-0.1, -0.05) is 0 Å². The second-order valence-electron chi connectivity index (χ2n) is 2.27. The lowest BCUT2D eigenvalue weighted by atomic mass is 10.0. The first kappa shape index (κ1) is 7.85. The highest BCUT2D eigenvalue weighted by atomic mass is 19.1. The summed E-state index contributed by atoms with van der Waals surface area (Å²) in [4.78, 5) is 0. The molecule has 0 saturated carbocycles. The van der Waals surface area contributed by atoms with E-state index in [4.69, 9.17) is 5.11 Å². The molecule has 1 radical (unpaired) electrons. The van der Waals surface area contributed by atoms with Crippen molar-refractivity contribution < 1.29 is 14.6 Å². The maximum absolute atomic E-state index is 11.4. The Morgan fingerprint density at radius 1 is 1.75 bits per heavy atom.